The second kappa shape index (κ2) is 5.37. The molecule has 2 N–H and O–H groups in total. The van der Waals surface area contributed by atoms with Crippen LogP contribution in [0.2, 0.25) is 0 Å². The summed E-state index contributed by atoms with van der Waals surface area (Å²) in [4.78, 5) is 13.1. The fourth-order valence-electron chi connectivity index (χ4n) is 4.85. The van der Waals surface area contributed by atoms with Gasteiger partial charge in [0, 0.05) is 24.8 Å². The molecule has 0 spiro atoms. The predicted molar refractivity (Wildman–Crippen MR) is 84.3 cm³/mol. The highest BCUT2D eigenvalue weighted by Crippen LogP contribution is 2.44. The van der Waals surface area contributed by atoms with E-state index in [-0.39, 0.29) is 17.4 Å². The first-order valence-corrected chi connectivity index (χ1v) is 8.73. The molecule has 3 aliphatic rings. The van der Waals surface area contributed by atoms with Gasteiger partial charge in [0.1, 0.15) is 0 Å². The minimum atomic E-state index is -0.155. The average Bonchev–Trinajstić information content (AvgIpc) is 3.13. The van der Waals surface area contributed by atoms with Gasteiger partial charge in [-0.3, -0.25) is 9.48 Å². The molecule has 0 aromatic carbocycles. The molecule has 1 aromatic rings. The van der Waals surface area contributed by atoms with E-state index in [9.17, 15) is 4.79 Å². The standard InChI is InChI=1S/C17H26N4O/c1-21-15-7-4-6-14(13(15)10-19-21)20-16(22)17-8-3-2-5-12(17)9-18-11-17/h10,12,14,18H,2-9,11H2,1H3,(H,20,22)/t12-,14?,17+/m0/s1. The Bertz CT molecular complexity index is 581. The molecule has 1 amide bonds. The Hall–Kier alpha value is -1.36. The Morgan fingerprint density at radius 3 is 3.23 bits per heavy atom. The van der Waals surface area contributed by atoms with Crippen LogP contribution in [0.3, 0.4) is 0 Å². The van der Waals surface area contributed by atoms with Crippen LogP contribution >= 0.6 is 0 Å². The van der Waals surface area contributed by atoms with Gasteiger partial charge in [-0.25, -0.2) is 0 Å². The second-order valence-corrected chi connectivity index (χ2v) is 7.32. The average molecular weight is 302 g/mol. The summed E-state index contributed by atoms with van der Waals surface area (Å²) in [5.74, 6) is 0.808. The number of hydrogen-bond donors (Lipinski definition) is 2. The van der Waals surface area contributed by atoms with Crippen LogP contribution in [0.5, 0.6) is 0 Å². The predicted octanol–water partition coefficient (Wildman–Crippen LogP) is 1.69. The lowest BCUT2D eigenvalue weighted by atomic mass is 9.67. The Morgan fingerprint density at radius 2 is 2.32 bits per heavy atom. The number of nitrogens with one attached hydrogen (secondary N) is 2. The van der Waals surface area contributed by atoms with Gasteiger partial charge in [0.05, 0.1) is 17.7 Å². The van der Waals surface area contributed by atoms with Crippen LogP contribution in [0.4, 0.5) is 0 Å². The Balaban J connectivity index is 1.55. The third kappa shape index (κ3) is 2.09. The molecular weight excluding hydrogens is 276 g/mol. The molecule has 5 heteroatoms. The monoisotopic (exact) mass is 302 g/mol. The van der Waals surface area contributed by atoms with Crippen molar-refractivity contribution in [3.05, 3.63) is 17.5 Å². The maximum Gasteiger partial charge on any atom is 0.228 e. The van der Waals surface area contributed by atoms with Crippen LogP contribution in [0.15, 0.2) is 6.20 Å². The van der Waals surface area contributed by atoms with E-state index in [0.717, 1.165) is 38.8 Å². The van der Waals surface area contributed by atoms with Crippen molar-refractivity contribution in [1.82, 2.24) is 20.4 Å². The molecule has 1 aromatic heterocycles. The lowest BCUT2D eigenvalue weighted by Crippen LogP contribution is -2.49. The van der Waals surface area contributed by atoms with Crippen molar-refractivity contribution >= 4 is 5.91 Å². The third-order valence-corrected chi connectivity index (χ3v) is 6.17. The fourth-order valence-corrected chi connectivity index (χ4v) is 4.85. The summed E-state index contributed by atoms with van der Waals surface area (Å²) in [6.07, 6.45) is 9.90. The van der Waals surface area contributed by atoms with Gasteiger partial charge in [-0.1, -0.05) is 12.8 Å². The Labute approximate surface area is 131 Å². The Kier molecular flexibility index (Phi) is 3.48. The number of carbonyl (C=O) groups is 1. The molecule has 4 rings (SSSR count). The van der Waals surface area contributed by atoms with Gasteiger partial charge in [-0.05, 0) is 44.6 Å². The molecule has 2 aliphatic carbocycles. The minimum Gasteiger partial charge on any atom is -0.349 e. The summed E-state index contributed by atoms with van der Waals surface area (Å²) in [5, 5.41) is 11.2. The number of hydrogen-bond acceptors (Lipinski definition) is 3. The van der Waals surface area contributed by atoms with Crippen LogP contribution in [-0.2, 0) is 18.3 Å². The maximum absolute atomic E-state index is 13.1. The topological polar surface area (TPSA) is 59.0 Å². The van der Waals surface area contributed by atoms with Crippen molar-refractivity contribution in [3.8, 4) is 0 Å². The van der Waals surface area contributed by atoms with Crippen LogP contribution in [0, 0.1) is 11.3 Å². The summed E-state index contributed by atoms with van der Waals surface area (Å²) in [6.45, 7) is 1.87. The van der Waals surface area contributed by atoms with Gasteiger partial charge in [-0.15, -0.1) is 0 Å². The molecule has 1 aliphatic heterocycles. The summed E-state index contributed by atoms with van der Waals surface area (Å²) in [6, 6.07) is 0.155. The molecule has 3 atom stereocenters. The Morgan fingerprint density at radius 1 is 1.41 bits per heavy atom. The SMILES string of the molecule is Cn1ncc2c1CCCC2NC(=O)[C@@]12CCCC[C@H]1CNC2. The van der Waals surface area contributed by atoms with E-state index in [1.54, 1.807) is 0 Å². The highest BCUT2D eigenvalue weighted by Gasteiger charge is 2.50. The molecule has 0 radical (unpaired) electrons. The van der Waals surface area contributed by atoms with E-state index >= 15 is 0 Å². The summed E-state index contributed by atoms with van der Waals surface area (Å²) in [5.41, 5.74) is 2.37. The van der Waals surface area contributed by atoms with Crippen molar-refractivity contribution in [1.29, 1.82) is 0 Å². The van der Waals surface area contributed by atoms with Gasteiger partial charge in [0.25, 0.3) is 0 Å². The van der Waals surface area contributed by atoms with E-state index in [1.807, 2.05) is 17.9 Å². The maximum atomic E-state index is 13.1. The summed E-state index contributed by atoms with van der Waals surface area (Å²) < 4.78 is 1.96. The molecule has 1 saturated heterocycles. The normalized spacial score (nSPS) is 34.0. The number of amides is 1. The smallest absolute Gasteiger partial charge is 0.228 e. The van der Waals surface area contributed by atoms with E-state index < -0.39 is 0 Å². The van der Waals surface area contributed by atoms with E-state index in [4.69, 9.17) is 0 Å². The van der Waals surface area contributed by atoms with Crippen LogP contribution in [-0.4, -0.2) is 28.8 Å². The van der Waals surface area contributed by atoms with Gasteiger partial charge >= 0.3 is 0 Å². The lowest BCUT2D eigenvalue weighted by molar-refractivity contribution is -0.135. The molecule has 2 fully saturated rings. The summed E-state index contributed by atoms with van der Waals surface area (Å²) >= 11 is 0. The zero-order chi connectivity index (χ0) is 15.2. The van der Waals surface area contributed by atoms with E-state index in [2.05, 4.69) is 15.7 Å². The summed E-state index contributed by atoms with van der Waals surface area (Å²) in [7, 11) is 2.00. The zero-order valence-electron chi connectivity index (χ0n) is 13.4. The highest BCUT2D eigenvalue weighted by molar-refractivity contribution is 5.84. The van der Waals surface area contributed by atoms with Gasteiger partial charge in [0.2, 0.25) is 5.91 Å². The number of aryl methyl sites for hydroxylation is 1. The number of rotatable bonds is 2. The molecule has 120 valence electrons. The number of aromatic nitrogens is 2. The number of carbonyl (C=O) groups excluding carboxylic acids is 1. The van der Waals surface area contributed by atoms with Crippen molar-refractivity contribution in [2.45, 2.75) is 51.0 Å². The zero-order valence-corrected chi connectivity index (χ0v) is 13.4. The van der Waals surface area contributed by atoms with E-state index in [1.165, 1.54) is 30.5 Å². The van der Waals surface area contributed by atoms with Gasteiger partial charge in [-0.2, -0.15) is 5.10 Å². The van der Waals surface area contributed by atoms with Crippen molar-refractivity contribution in [3.63, 3.8) is 0 Å². The molecule has 1 saturated carbocycles. The first-order chi connectivity index (χ1) is 10.7. The number of nitrogens with zero attached hydrogens (tertiary/aromatic N) is 2. The molecule has 1 unspecified atom stereocenters. The first-order valence-electron chi connectivity index (χ1n) is 8.73. The molecule has 22 heavy (non-hydrogen) atoms. The van der Waals surface area contributed by atoms with Crippen LogP contribution in [0.25, 0.3) is 0 Å². The van der Waals surface area contributed by atoms with Crippen LogP contribution in [0.1, 0.15) is 55.8 Å². The third-order valence-electron chi connectivity index (χ3n) is 6.17. The second-order valence-electron chi connectivity index (χ2n) is 7.32. The molecule has 5 nitrogen and oxygen atoms in total. The highest BCUT2D eigenvalue weighted by atomic mass is 16.2. The quantitative estimate of drug-likeness (QED) is 0.874. The largest absolute Gasteiger partial charge is 0.349 e. The molecule has 0 bridgehead atoms. The minimum absolute atomic E-state index is 0.155. The molecular formula is C17H26N4O. The van der Waals surface area contributed by atoms with Crippen molar-refractivity contribution in [2.75, 3.05) is 13.1 Å². The van der Waals surface area contributed by atoms with Gasteiger partial charge < -0.3 is 10.6 Å². The molecule has 2 heterocycles. The van der Waals surface area contributed by atoms with Crippen LogP contribution < -0.4 is 10.6 Å². The van der Waals surface area contributed by atoms with Crippen molar-refractivity contribution in [2.24, 2.45) is 18.4 Å². The first kappa shape index (κ1) is 14.2. The van der Waals surface area contributed by atoms with E-state index in [0.29, 0.717) is 5.92 Å². The fraction of sp³-hybridized carbons (Fsp3) is 0.765. The van der Waals surface area contributed by atoms with Crippen molar-refractivity contribution < 1.29 is 4.79 Å². The van der Waals surface area contributed by atoms with Gasteiger partial charge in [0.15, 0.2) is 0 Å². The number of fused-ring (bicyclic) bond motifs is 2. The lowest BCUT2D eigenvalue weighted by Gasteiger charge is -2.38.